The lowest BCUT2D eigenvalue weighted by Crippen LogP contribution is -2.27. The normalized spacial score (nSPS) is 15.5. The molecule has 0 radical (unpaired) electrons. The molecule has 152 valence electrons. The van der Waals surface area contributed by atoms with Gasteiger partial charge in [0.15, 0.2) is 4.32 Å². The standard InChI is InChI=1S/C22H15BrCl2N2OS2/c1-12-9-14(13(2)26(12)16-5-3-15(24)4-6-16)10-20-21(28)27(22(29)30-20)17-7-8-18(23)19(25)11-17/h3-11H,1-2H3/b20-10+. The number of anilines is 1. The number of rotatable bonds is 3. The molecule has 2 heterocycles. The molecule has 1 saturated heterocycles. The zero-order valence-corrected chi connectivity index (χ0v) is 20.7. The van der Waals surface area contributed by atoms with Gasteiger partial charge in [-0.05, 0) is 89.9 Å². The summed E-state index contributed by atoms with van der Waals surface area (Å²) in [4.78, 5) is 15.2. The highest BCUT2D eigenvalue weighted by atomic mass is 79.9. The van der Waals surface area contributed by atoms with Crippen LogP contribution in [0.2, 0.25) is 10.0 Å². The van der Waals surface area contributed by atoms with E-state index in [1.165, 1.54) is 16.7 Å². The summed E-state index contributed by atoms with van der Waals surface area (Å²) >= 11 is 22.4. The summed E-state index contributed by atoms with van der Waals surface area (Å²) in [6.07, 6.45) is 1.90. The van der Waals surface area contributed by atoms with E-state index in [9.17, 15) is 4.79 Å². The van der Waals surface area contributed by atoms with Gasteiger partial charge in [0.25, 0.3) is 5.91 Å². The molecule has 1 amide bonds. The Hall–Kier alpha value is -1.57. The van der Waals surface area contributed by atoms with E-state index in [4.69, 9.17) is 35.4 Å². The number of thiocarbonyl (C=S) groups is 1. The van der Waals surface area contributed by atoms with Crippen molar-refractivity contribution in [3.05, 3.63) is 84.9 Å². The van der Waals surface area contributed by atoms with E-state index in [1.807, 2.05) is 50.3 Å². The van der Waals surface area contributed by atoms with E-state index >= 15 is 0 Å². The second-order valence-electron chi connectivity index (χ2n) is 6.75. The van der Waals surface area contributed by atoms with Gasteiger partial charge in [-0.15, -0.1) is 0 Å². The Kier molecular flexibility index (Phi) is 6.15. The molecular formula is C22H15BrCl2N2OS2. The minimum Gasteiger partial charge on any atom is -0.318 e. The van der Waals surface area contributed by atoms with Crippen molar-refractivity contribution in [3.63, 3.8) is 0 Å². The number of carbonyl (C=O) groups excluding carboxylic acids is 1. The van der Waals surface area contributed by atoms with Gasteiger partial charge in [-0.1, -0.05) is 47.2 Å². The fraction of sp³-hybridized carbons (Fsp3) is 0.0909. The van der Waals surface area contributed by atoms with Crippen LogP contribution in [0.5, 0.6) is 0 Å². The van der Waals surface area contributed by atoms with Gasteiger partial charge < -0.3 is 4.57 Å². The van der Waals surface area contributed by atoms with Crippen LogP contribution in [0.1, 0.15) is 17.0 Å². The molecule has 1 fully saturated rings. The minimum absolute atomic E-state index is 0.153. The third-order valence-corrected chi connectivity index (χ3v) is 7.58. The van der Waals surface area contributed by atoms with Crippen LogP contribution in [-0.2, 0) is 4.79 Å². The van der Waals surface area contributed by atoms with Crippen LogP contribution >= 0.6 is 63.1 Å². The Labute approximate surface area is 202 Å². The van der Waals surface area contributed by atoms with Crippen molar-refractivity contribution in [2.45, 2.75) is 13.8 Å². The van der Waals surface area contributed by atoms with Gasteiger partial charge >= 0.3 is 0 Å². The predicted octanol–water partition coefficient (Wildman–Crippen LogP) is 7.57. The first-order chi connectivity index (χ1) is 14.3. The highest BCUT2D eigenvalue weighted by Gasteiger charge is 2.33. The fourth-order valence-corrected chi connectivity index (χ4v) is 5.21. The molecule has 0 spiro atoms. The lowest BCUT2D eigenvalue weighted by atomic mass is 10.2. The molecule has 8 heteroatoms. The van der Waals surface area contributed by atoms with Gasteiger partial charge in [0.1, 0.15) is 0 Å². The van der Waals surface area contributed by atoms with Crippen molar-refractivity contribution in [1.82, 2.24) is 4.57 Å². The van der Waals surface area contributed by atoms with Crippen molar-refractivity contribution in [1.29, 1.82) is 0 Å². The SMILES string of the molecule is Cc1cc(/C=C2/SC(=S)N(c3ccc(Br)c(Cl)c3)C2=O)c(C)n1-c1ccc(Cl)cc1. The lowest BCUT2D eigenvalue weighted by molar-refractivity contribution is -0.113. The summed E-state index contributed by atoms with van der Waals surface area (Å²) < 4.78 is 3.39. The average molecular weight is 538 g/mol. The number of halogens is 3. The molecular weight excluding hydrogens is 523 g/mol. The summed E-state index contributed by atoms with van der Waals surface area (Å²) in [5.41, 5.74) is 4.74. The number of aromatic nitrogens is 1. The number of thioether (sulfide) groups is 1. The number of carbonyl (C=O) groups is 1. The largest absolute Gasteiger partial charge is 0.318 e. The molecule has 3 nitrogen and oxygen atoms in total. The van der Waals surface area contributed by atoms with Gasteiger partial charge in [-0.3, -0.25) is 9.69 Å². The number of hydrogen-bond acceptors (Lipinski definition) is 3. The molecule has 0 saturated carbocycles. The zero-order valence-electron chi connectivity index (χ0n) is 15.9. The maximum Gasteiger partial charge on any atom is 0.270 e. The van der Waals surface area contributed by atoms with Crippen molar-refractivity contribution >= 4 is 85.1 Å². The Balaban J connectivity index is 1.70. The molecule has 2 aromatic carbocycles. The second kappa shape index (κ2) is 8.52. The van der Waals surface area contributed by atoms with E-state index in [0.717, 1.165) is 27.1 Å². The summed E-state index contributed by atoms with van der Waals surface area (Å²) in [7, 11) is 0. The van der Waals surface area contributed by atoms with E-state index in [0.29, 0.717) is 25.0 Å². The molecule has 4 rings (SSSR count). The fourth-order valence-electron chi connectivity index (χ4n) is 3.38. The minimum atomic E-state index is -0.153. The third-order valence-electron chi connectivity index (χ3n) is 4.80. The van der Waals surface area contributed by atoms with E-state index in [2.05, 4.69) is 26.6 Å². The van der Waals surface area contributed by atoms with Crippen LogP contribution in [0.15, 0.2) is 57.9 Å². The topological polar surface area (TPSA) is 25.2 Å². The summed E-state index contributed by atoms with van der Waals surface area (Å²) in [6.45, 7) is 4.07. The Morgan fingerprint density at radius 3 is 2.37 bits per heavy atom. The first-order valence-electron chi connectivity index (χ1n) is 8.94. The Morgan fingerprint density at radius 1 is 1.03 bits per heavy atom. The van der Waals surface area contributed by atoms with Crippen LogP contribution in [0.3, 0.4) is 0 Å². The highest BCUT2D eigenvalue weighted by molar-refractivity contribution is 9.10. The van der Waals surface area contributed by atoms with E-state index in [-0.39, 0.29) is 5.91 Å². The molecule has 0 atom stereocenters. The van der Waals surface area contributed by atoms with Crippen LogP contribution in [0, 0.1) is 13.8 Å². The quantitative estimate of drug-likeness (QED) is 0.254. The van der Waals surface area contributed by atoms with Gasteiger partial charge in [0, 0.05) is 26.6 Å². The van der Waals surface area contributed by atoms with Crippen LogP contribution in [-0.4, -0.2) is 14.8 Å². The number of amides is 1. The van der Waals surface area contributed by atoms with Crippen molar-refractivity contribution < 1.29 is 4.79 Å². The summed E-state index contributed by atoms with van der Waals surface area (Å²) in [5, 5.41) is 1.22. The molecule has 30 heavy (non-hydrogen) atoms. The molecule has 0 aliphatic carbocycles. The molecule has 0 bridgehead atoms. The van der Waals surface area contributed by atoms with Crippen molar-refractivity contribution in [2.75, 3.05) is 4.90 Å². The Bertz CT molecular complexity index is 1220. The maximum atomic E-state index is 13.1. The van der Waals surface area contributed by atoms with Crippen molar-refractivity contribution in [2.24, 2.45) is 0 Å². The van der Waals surface area contributed by atoms with E-state index in [1.54, 1.807) is 12.1 Å². The number of benzene rings is 2. The molecule has 0 unspecified atom stereocenters. The smallest absolute Gasteiger partial charge is 0.270 e. The predicted molar refractivity (Wildman–Crippen MR) is 135 cm³/mol. The molecule has 3 aromatic rings. The van der Waals surface area contributed by atoms with Crippen LogP contribution < -0.4 is 4.90 Å². The maximum absolute atomic E-state index is 13.1. The first kappa shape index (κ1) is 21.7. The first-order valence-corrected chi connectivity index (χ1v) is 11.7. The van der Waals surface area contributed by atoms with Crippen LogP contribution in [0.25, 0.3) is 11.8 Å². The monoisotopic (exact) mass is 536 g/mol. The van der Waals surface area contributed by atoms with Crippen molar-refractivity contribution in [3.8, 4) is 5.69 Å². The zero-order chi connectivity index (χ0) is 21.6. The molecule has 0 N–H and O–H groups in total. The number of hydrogen-bond donors (Lipinski definition) is 0. The van der Waals surface area contributed by atoms with Gasteiger partial charge in [-0.2, -0.15) is 0 Å². The lowest BCUT2D eigenvalue weighted by Gasteiger charge is -2.15. The highest BCUT2D eigenvalue weighted by Crippen LogP contribution is 2.38. The number of aryl methyl sites for hydroxylation is 1. The summed E-state index contributed by atoms with van der Waals surface area (Å²) in [6, 6.07) is 15.1. The summed E-state index contributed by atoms with van der Waals surface area (Å²) in [5.74, 6) is -0.153. The third kappa shape index (κ3) is 3.99. The van der Waals surface area contributed by atoms with Crippen LogP contribution in [0.4, 0.5) is 5.69 Å². The number of nitrogens with zero attached hydrogens (tertiary/aromatic N) is 2. The van der Waals surface area contributed by atoms with Gasteiger partial charge in [-0.25, -0.2) is 0 Å². The van der Waals surface area contributed by atoms with E-state index < -0.39 is 0 Å². The second-order valence-corrected chi connectivity index (χ2v) is 10.1. The Morgan fingerprint density at radius 2 is 1.70 bits per heavy atom. The van der Waals surface area contributed by atoms with Gasteiger partial charge in [0.05, 0.1) is 15.6 Å². The average Bonchev–Trinajstić information content (AvgIpc) is 3.13. The molecule has 1 aromatic heterocycles. The van der Waals surface area contributed by atoms with Gasteiger partial charge in [0.2, 0.25) is 0 Å². The molecule has 1 aliphatic heterocycles. The molecule has 1 aliphatic rings.